The van der Waals surface area contributed by atoms with Crippen LogP contribution in [0.25, 0.3) is 0 Å². The monoisotopic (exact) mass is 377 g/mol. The Morgan fingerprint density at radius 2 is 1.69 bits per heavy atom. The largest absolute Gasteiger partial charge is 0.490 e. The zero-order valence-corrected chi connectivity index (χ0v) is 13.0. The lowest BCUT2D eigenvalue weighted by Gasteiger charge is -2.35. The first kappa shape index (κ1) is 20.7. The Balaban J connectivity index is 0.000000412. The number of likely N-dealkylation sites (tertiary alicyclic amines) is 1. The fourth-order valence-corrected chi connectivity index (χ4v) is 1.77. The van der Waals surface area contributed by atoms with Crippen LogP contribution < -0.4 is 11.1 Å². The summed E-state index contributed by atoms with van der Waals surface area (Å²) in [5.74, 6) is -4.42. The molecular weight excluding hydrogens is 363 g/mol. The van der Waals surface area contributed by atoms with Crippen molar-refractivity contribution in [3.05, 3.63) is 29.8 Å². The predicted molar refractivity (Wildman–Crippen MR) is 79.7 cm³/mol. The Hall–Kier alpha value is -3.31. The van der Waals surface area contributed by atoms with Crippen LogP contribution in [0.5, 0.6) is 0 Å². The molecule has 1 aromatic rings. The van der Waals surface area contributed by atoms with Crippen LogP contribution >= 0.6 is 0 Å². The zero-order valence-electron chi connectivity index (χ0n) is 13.0. The van der Waals surface area contributed by atoms with Gasteiger partial charge in [0.05, 0.1) is 6.42 Å². The molecule has 0 aromatic heterocycles. The topological polar surface area (TPSA) is 150 Å². The molecule has 9 nitrogen and oxygen atoms in total. The molecule has 0 unspecified atom stereocenters. The molecule has 0 spiro atoms. The lowest BCUT2D eigenvalue weighted by Crippen LogP contribution is -2.61. The summed E-state index contributed by atoms with van der Waals surface area (Å²) in [6.45, 7) is 0.204. The van der Waals surface area contributed by atoms with Crippen molar-refractivity contribution >= 4 is 29.6 Å². The Morgan fingerprint density at radius 3 is 2.08 bits per heavy atom. The number of amides is 3. The number of β-lactam (4-membered cyclic amide) rings is 1. The van der Waals surface area contributed by atoms with Gasteiger partial charge in [-0.05, 0) is 17.7 Å². The first-order valence-corrected chi connectivity index (χ1v) is 6.90. The summed E-state index contributed by atoms with van der Waals surface area (Å²) in [6.07, 6.45) is -5.22. The first-order valence-electron chi connectivity index (χ1n) is 6.90. The molecule has 0 radical (unpaired) electrons. The van der Waals surface area contributed by atoms with E-state index in [1.807, 2.05) is 0 Å². The number of hydrogen-bond donors (Lipinski definition) is 4. The van der Waals surface area contributed by atoms with E-state index in [-0.39, 0.29) is 13.0 Å². The third-order valence-electron chi connectivity index (χ3n) is 3.12. The summed E-state index contributed by atoms with van der Waals surface area (Å²) in [6, 6.07) is 5.11. The minimum absolute atomic E-state index is 0.134. The molecule has 5 N–H and O–H groups in total. The number of benzene rings is 1. The Kier molecular flexibility index (Phi) is 6.52. The lowest BCUT2D eigenvalue weighted by molar-refractivity contribution is -0.192. The van der Waals surface area contributed by atoms with E-state index in [0.717, 1.165) is 10.5 Å². The van der Waals surface area contributed by atoms with Gasteiger partial charge < -0.3 is 21.3 Å². The number of nitrogens with zero attached hydrogens (tertiary/aromatic N) is 1. The van der Waals surface area contributed by atoms with Crippen molar-refractivity contribution in [3.8, 4) is 0 Å². The third-order valence-corrected chi connectivity index (χ3v) is 3.12. The number of urea groups is 1. The summed E-state index contributed by atoms with van der Waals surface area (Å²) in [5.41, 5.74) is 6.94. The molecule has 2 rings (SSSR count). The number of carbonyl (C=O) groups is 4. The molecule has 12 heteroatoms. The number of nitrogens with two attached hydrogens (primary N) is 1. The zero-order chi connectivity index (χ0) is 20.1. The Labute approximate surface area is 144 Å². The van der Waals surface area contributed by atoms with Gasteiger partial charge in [0.25, 0.3) is 0 Å². The van der Waals surface area contributed by atoms with Gasteiger partial charge in [0.15, 0.2) is 0 Å². The maximum Gasteiger partial charge on any atom is 0.490 e. The second-order valence-electron chi connectivity index (χ2n) is 5.03. The van der Waals surface area contributed by atoms with Crippen molar-refractivity contribution in [2.24, 2.45) is 0 Å². The number of halogens is 3. The molecule has 3 amide bonds. The highest BCUT2D eigenvalue weighted by Gasteiger charge is 2.45. The molecule has 26 heavy (non-hydrogen) atoms. The number of imide groups is 1. The summed E-state index contributed by atoms with van der Waals surface area (Å²) in [4.78, 5) is 43.3. The number of alkyl halides is 3. The molecule has 1 aliphatic rings. The van der Waals surface area contributed by atoms with Crippen LogP contribution in [0.1, 0.15) is 12.0 Å². The van der Waals surface area contributed by atoms with E-state index in [0.29, 0.717) is 5.69 Å². The molecule has 0 bridgehead atoms. The first-order chi connectivity index (χ1) is 11.9. The number of carboxylic acids is 2. The second-order valence-corrected chi connectivity index (χ2v) is 5.03. The van der Waals surface area contributed by atoms with Crippen LogP contribution in [0.2, 0.25) is 0 Å². The van der Waals surface area contributed by atoms with Gasteiger partial charge >= 0.3 is 24.1 Å². The molecule has 0 saturated carbocycles. The molecular formula is C14H14F3N3O6. The van der Waals surface area contributed by atoms with E-state index in [9.17, 15) is 27.6 Å². The Morgan fingerprint density at radius 1 is 1.19 bits per heavy atom. The number of anilines is 1. The standard InChI is InChI=1S/C12H13N3O4.C2HF3O2/c13-8-3-1-7(2-4-8)6-14-12(19)15-9(11(17)18)5-10(15)16;3-2(4,5)1(6)7/h1-4,9H,5-6,13H2,(H,14,19)(H,17,18);(H,6,7)/t9-;/m0./s1. The van der Waals surface area contributed by atoms with Crippen molar-refractivity contribution in [1.29, 1.82) is 0 Å². The molecule has 1 heterocycles. The smallest absolute Gasteiger partial charge is 0.480 e. The average Bonchev–Trinajstić information content (AvgIpc) is 2.51. The van der Waals surface area contributed by atoms with E-state index >= 15 is 0 Å². The van der Waals surface area contributed by atoms with Crippen LogP contribution in [0.3, 0.4) is 0 Å². The summed E-state index contributed by atoms with van der Waals surface area (Å²) < 4.78 is 31.7. The minimum atomic E-state index is -5.08. The van der Waals surface area contributed by atoms with Crippen LogP contribution in [0.4, 0.5) is 23.7 Å². The highest BCUT2D eigenvalue weighted by Crippen LogP contribution is 2.19. The fraction of sp³-hybridized carbons (Fsp3) is 0.286. The molecule has 1 aromatic carbocycles. The molecule has 1 aliphatic heterocycles. The van der Waals surface area contributed by atoms with Crippen molar-refractivity contribution < 1.29 is 42.6 Å². The number of nitrogens with one attached hydrogen (secondary N) is 1. The van der Waals surface area contributed by atoms with E-state index in [4.69, 9.17) is 20.7 Å². The number of carbonyl (C=O) groups excluding carboxylic acids is 2. The van der Waals surface area contributed by atoms with Gasteiger partial charge in [-0.3, -0.25) is 4.79 Å². The molecule has 142 valence electrons. The Bertz CT molecular complexity index is 705. The third kappa shape index (κ3) is 5.65. The van der Waals surface area contributed by atoms with Crippen LogP contribution in [-0.4, -0.2) is 51.2 Å². The molecule has 1 atom stereocenters. The molecule has 1 saturated heterocycles. The molecule has 1 fully saturated rings. The van der Waals surface area contributed by atoms with Gasteiger partial charge in [-0.25, -0.2) is 19.3 Å². The number of aliphatic carboxylic acids is 2. The van der Waals surface area contributed by atoms with Crippen molar-refractivity contribution in [2.45, 2.75) is 25.2 Å². The predicted octanol–water partition coefficient (Wildman–Crippen LogP) is 0.797. The van der Waals surface area contributed by atoms with Crippen LogP contribution in [0, 0.1) is 0 Å². The highest BCUT2D eigenvalue weighted by atomic mass is 19.4. The van der Waals surface area contributed by atoms with Crippen LogP contribution in [-0.2, 0) is 20.9 Å². The maximum absolute atomic E-state index is 11.7. The van der Waals surface area contributed by atoms with Gasteiger partial charge in [0, 0.05) is 12.2 Å². The van der Waals surface area contributed by atoms with E-state index in [1.165, 1.54) is 0 Å². The number of hydrogen-bond acceptors (Lipinski definition) is 5. The normalized spacial score (nSPS) is 16.0. The lowest BCUT2D eigenvalue weighted by atomic mass is 10.0. The quantitative estimate of drug-likeness (QED) is 0.449. The van der Waals surface area contributed by atoms with Crippen molar-refractivity contribution in [1.82, 2.24) is 10.2 Å². The van der Waals surface area contributed by atoms with Gasteiger partial charge in [-0.2, -0.15) is 13.2 Å². The maximum atomic E-state index is 11.7. The number of nitrogen functional groups attached to an aromatic ring is 1. The van der Waals surface area contributed by atoms with E-state index in [2.05, 4.69) is 5.32 Å². The highest BCUT2D eigenvalue weighted by molar-refractivity contribution is 6.05. The van der Waals surface area contributed by atoms with Crippen LogP contribution in [0.15, 0.2) is 24.3 Å². The SMILES string of the molecule is Nc1ccc(CNC(=O)N2C(=O)C[C@H]2C(=O)O)cc1.O=C(O)C(F)(F)F. The van der Waals surface area contributed by atoms with Crippen molar-refractivity contribution in [3.63, 3.8) is 0 Å². The van der Waals surface area contributed by atoms with E-state index in [1.54, 1.807) is 24.3 Å². The van der Waals surface area contributed by atoms with Gasteiger partial charge in [-0.1, -0.05) is 12.1 Å². The van der Waals surface area contributed by atoms with Crippen molar-refractivity contribution in [2.75, 3.05) is 5.73 Å². The summed E-state index contributed by atoms with van der Waals surface area (Å²) >= 11 is 0. The van der Waals surface area contributed by atoms with Gasteiger partial charge in [0.1, 0.15) is 6.04 Å². The average molecular weight is 377 g/mol. The number of rotatable bonds is 3. The fourth-order valence-electron chi connectivity index (χ4n) is 1.77. The minimum Gasteiger partial charge on any atom is -0.480 e. The second kappa shape index (κ2) is 8.18. The summed E-state index contributed by atoms with van der Waals surface area (Å²) in [5, 5.41) is 18.4. The van der Waals surface area contributed by atoms with Gasteiger partial charge in [-0.15, -0.1) is 0 Å². The number of carboxylic acid groups (broad SMARTS) is 2. The van der Waals surface area contributed by atoms with Gasteiger partial charge in [0.2, 0.25) is 5.91 Å². The molecule has 0 aliphatic carbocycles. The van der Waals surface area contributed by atoms with E-state index < -0.39 is 36.1 Å². The summed E-state index contributed by atoms with van der Waals surface area (Å²) in [7, 11) is 0.